The van der Waals surface area contributed by atoms with Crippen LogP contribution in [0, 0.1) is 21.7 Å². The van der Waals surface area contributed by atoms with Gasteiger partial charge in [-0.05, 0) is 19.9 Å². The average Bonchev–Trinajstić information content (AvgIpc) is 2.39. The third-order valence-electron chi connectivity index (χ3n) is 3.07. The summed E-state index contributed by atoms with van der Waals surface area (Å²) < 4.78 is 26.2. The molecule has 0 aromatic heterocycles. The molecule has 0 saturated heterocycles. The van der Waals surface area contributed by atoms with E-state index in [9.17, 15) is 28.8 Å². The molecule has 0 aliphatic heterocycles. The van der Waals surface area contributed by atoms with Crippen molar-refractivity contribution in [3.8, 4) is 0 Å². The highest BCUT2D eigenvalue weighted by atomic mass is 19.2. The molecule has 1 aromatic rings. The SMILES string of the molecule is CN(C(=O)c1cc(F)c(F)cc1[N+](=O)[O-])C(C)(C)CO. The number of carbonyl (C=O) groups excluding carboxylic acids is 1. The number of aliphatic hydroxyl groups is 1. The minimum Gasteiger partial charge on any atom is -0.394 e. The van der Waals surface area contributed by atoms with Gasteiger partial charge in [-0.25, -0.2) is 8.78 Å². The van der Waals surface area contributed by atoms with Crippen LogP contribution in [0.5, 0.6) is 0 Å². The molecule has 0 aliphatic rings. The van der Waals surface area contributed by atoms with Crippen LogP contribution < -0.4 is 0 Å². The van der Waals surface area contributed by atoms with Gasteiger partial charge in [-0.1, -0.05) is 0 Å². The van der Waals surface area contributed by atoms with E-state index in [0.29, 0.717) is 12.1 Å². The van der Waals surface area contributed by atoms with Gasteiger partial charge in [0.2, 0.25) is 0 Å². The molecule has 0 saturated carbocycles. The molecule has 0 aliphatic carbocycles. The molecule has 1 rings (SSSR count). The zero-order valence-corrected chi connectivity index (χ0v) is 11.2. The summed E-state index contributed by atoms with van der Waals surface area (Å²) in [4.78, 5) is 23.1. The summed E-state index contributed by atoms with van der Waals surface area (Å²) >= 11 is 0. The molecule has 0 heterocycles. The highest BCUT2D eigenvalue weighted by molar-refractivity contribution is 5.98. The summed E-state index contributed by atoms with van der Waals surface area (Å²) in [7, 11) is 1.31. The van der Waals surface area contributed by atoms with Gasteiger partial charge >= 0.3 is 0 Å². The topological polar surface area (TPSA) is 83.7 Å². The monoisotopic (exact) mass is 288 g/mol. The lowest BCUT2D eigenvalue weighted by Gasteiger charge is -2.33. The molecular formula is C12H14F2N2O4. The Hall–Kier alpha value is -2.09. The minimum atomic E-state index is -1.41. The largest absolute Gasteiger partial charge is 0.394 e. The lowest BCUT2D eigenvalue weighted by molar-refractivity contribution is -0.385. The van der Waals surface area contributed by atoms with Crippen molar-refractivity contribution in [2.45, 2.75) is 19.4 Å². The van der Waals surface area contributed by atoms with Crippen LogP contribution in [0.2, 0.25) is 0 Å². The van der Waals surface area contributed by atoms with Crippen LogP contribution >= 0.6 is 0 Å². The Balaban J connectivity index is 3.35. The summed E-state index contributed by atoms with van der Waals surface area (Å²) in [5.41, 5.74) is -2.40. The number of nitrogens with zero attached hydrogens (tertiary/aromatic N) is 2. The number of halogens is 2. The smallest absolute Gasteiger partial charge is 0.285 e. The fourth-order valence-electron chi connectivity index (χ4n) is 1.42. The predicted molar refractivity (Wildman–Crippen MR) is 66.3 cm³/mol. The molecular weight excluding hydrogens is 274 g/mol. The van der Waals surface area contributed by atoms with Gasteiger partial charge in [0.15, 0.2) is 11.6 Å². The van der Waals surface area contributed by atoms with Gasteiger partial charge < -0.3 is 10.0 Å². The fourth-order valence-corrected chi connectivity index (χ4v) is 1.42. The maximum atomic E-state index is 13.2. The van der Waals surface area contributed by atoms with E-state index < -0.39 is 45.9 Å². The maximum Gasteiger partial charge on any atom is 0.285 e. The molecule has 8 heteroatoms. The van der Waals surface area contributed by atoms with Crippen molar-refractivity contribution in [3.63, 3.8) is 0 Å². The number of hydrogen-bond donors (Lipinski definition) is 1. The van der Waals surface area contributed by atoms with Crippen LogP contribution in [-0.2, 0) is 0 Å². The van der Waals surface area contributed by atoms with Crippen LogP contribution in [0.3, 0.4) is 0 Å². The van der Waals surface area contributed by atoms with Crippen molar-refractivity contribution in [3.05, 3.63) is 39.4 Å². The summed E-state index contributed by atoms with van der Waals surface area (Å²) in [5.74, 6) is -3.64. The van der Waals surface area contributed by atoms with Gasteiger partial charge in [-0.3, -0.25) is 14.9 Å². The Morgan fingerprint density at radius 1 is 1.40 bits per heavy atom. The van der Waals surface area contributed by atoms with Crippen LogP contribution in [-0.4, -0.2) is 40.0 Å². The second kappa shape index (κ2) is 5.49. The number of nitro benzene ring substituents is 1. The minimum absolute atomic E-state index is 0.363. The lowest BCUT2D eigenvalue weighted by Crippen LogP contribution is -2.47. The van der Waals surface area contributed by atoms with Gasteiger partial charge in [0, 0.05) is 7.05 Å². The highest BCUT2D eigenvalue weighted by Crippen LogP contribution is 2.25. The fraction of sp³-hybridized carbons (Fsp3) is 0.417. The number of carbonyl (C=O) groups is 1. The molecule has 0 radical (unpaired) electrons. The standard InChI is InChI=1S/C12H14F2N2O4/c1-12(2,6-17)15(3)11(18)7-4-8(13)9(14)5-10(7)16(19)20/h4-5,17H,6H2,1-3H3. The van der Waals surface area contributed by atoms with Crippen molar-refractivity contribution >= 4 is 11.6 Å². The Morgan fingerprint density at radius 2 is 1.90 bits per heavy atom. The van der Waals surface area contributed by atoms with Crippen LogP contribution in [0.1, 0.15) is 24.2 Å². The van der Waals surface area contributed by atoms with Gasteiger partial charge in [-0.15, -0.1) is 0 Å². The summed E-state index contributed by atoms with van der Waals surface area (Å²) in [6.07, 6.45) is 0. The molecule has 0 fully saturated rings. The second-order valence-corrected chi connectivity index (χ2v) is 4.88. The van der Waals surface area contributed by atoms with Crippen molar-refractivity contribution < 1.29 is 23.6 Å². The van der Waals surface area contributed by atoms with E-state index in [1.807, 2.05) is 0 Å². The van der Waals surface area contributed by atoms with E-state index in [1.54, 1.807) is 0 Å². The molecule has 20 heavy (non-hydrogen) atoms. The van der Waals surface area contributed by atoms with Gasteiger partial charge in [-0.2, -0.15) is 0 Å². The second-order valence-electron chi connectivity index (χ2n) is 4.88. The Labute approximate surface area is 113 Å². The molecule has 1 aromatic carbocycles. The Kier molecular flexibility index (Phi) is 4.39. The number of hydrogen-bond acceptors (Lipinski definition) is 4. The number of aliphatic hydroxyl groups excluding tert-OH is 1. The first-order chi connectivity index (χ1) is 9.11. The molecule has 6 nitrogen and oxygen atoms in total. The van der Waals surface area contributed by atoms with Gasteiger partial charge in [0.1, 0.15) is 5.56 Å². The average molecular weight is 288 g/mol. The third kappa shape index (κ3) is 2.90. The van der Waals surface area contributed by atoms with Crippen molar-refractivity contribution in [1.82, 2.24) is 4.90 Å². The van der Waals surface area contributed by atoms with Gasteiger partial charge in [0.05, 0.1) is 23.1 Å². The Morgan fingerprint density at radius 3 is 2.35 bits per heavy atom. The molecule has 0 atom stereocenters. The molecule has 0 spiro atoms. The Bertz CT molecular complexity index is 561. The zero-order chi connectivity index (χ0) is 15.7. The highest BCUT2D eigenvalue weighted by Gasteiger charge is 2.32. The number of nitro groups is 1. The van der Waals surface area contributed by atoms with E-state index in [4.69, 9.17) is 0 Å². The quantitative estimate of drug-likeness (QED) is 0.675. The summed E-state index contributed by atoms with van der Waals surface area (Å²) in [5, 5.41) is 20.0. The van der Waals surface area contributed by atoms with E-state index >= 15 is 0 Å². The van der Waals surface area contributed by atoms with Crippen molar-refractivity contribution in [2.75, 3.05) is 13.7 Å². The molecule has 0 bridgehead atoms. The van der Waals surface area contributed by atoms with E-state index in [0.717, 1.165) is 4.90 Å². The molecule has 1 N–H and O–H groups in total. The van der Waals surface area contributed by atoms with Gasteiger partial charge in [0.25, 0.3) is 11.6 Å². The van der Waals surface area contributed by atoms with E-state index in [-0.39, 0.29) is 0 Å². The van der Waals surface area contributed by atoms with Crippen molar-refractivity contribution in [1.29, 1.82) is 0 Å². The van der Waals surface area contributed by atoms with Crippen LogP contribution in [0.25, 0.3) is 0 Å². The predicted octanol–water partition coefficient (Wildman–Crippen LogP) is 1.72. The van der Waals surface area contributed by atoms with E-state index in [2.05, 4.69) is 0 Å². The summed E-state index contributed by atoms with van der Waals surface area (Å²) in [6, 6.07) is 0.849. The molecule has 1 amide bonds. The summed E-state index contributed by atoms with van der Waals surface area (Å²) in [6.45, 7) is 2.65. The molecule has 110 valence electrons. The molecule has 0 unspecified atom stereocenters. The van der Waals surface area contributed by atoms with E-state index in [1.165, 1.54) is 20.9 Å². The van der Waals surface area contributed by atoms with Crippen molar-refractivity contribution in [2.24, 2.45) is 0 Å². The number of rotatable bonds is 4. The van der Waals surface area contributed by atoms with Crippen LogP contribution in [0.15, 0.2) is 12.1 Å². The van der Waals surface area contributed by atoms with Crippen LogP contribution in [0.4, 0.5) is 14.5 Å². The number of amides is 1. The first-order valence-corrected chi connectivity index (χ1v) is 5.64. The zero-order valence-electron chi connectivity index (χ0n) is 11.2. The third-order valence-corrected chi connectivity index (χ3v) is 3.07. The maximum absolute atomic E-state index is 13.2. The first kappa shape index (κ1) is 16.0. The normalized spacial score (nSPS) is 11.3. The number of benzene rings is 1. The lowest BCUT2D eigenvalue weighted by atomic mass is 10.0. The number of likely N-dealkylation sites (N-methyl/N-ethyl adjacent to an activating group) is 1. The first-order valence-electron chi connectivity index (χ1n) is 5.64.